The molecule has 0 aliphatic heterocycles. The molecule has 0 amide bonds. The molecule has 0 saturated carbocycles. The lowest BCUT2D eigenvalue weighted by molar-refractivity contribution is 0.590. The minimum atomic E-state index is -1.94. The van der Waals surface area contributed by atoms with Crippen molar-refractivity contribution in [2.24, 2.45) is 0 Å². The van der Waals surface area contributed by atoms with Crippen LogP contribution < -0.4 is 0 Å². The van der Waals surface area contributed by atoms with Crippen molar-refractivity contribution in [3.8, 4) is 22.3 Å². The minimum Gasteiger partial charge on any atom is -0.0712 e. The highest BCUT2D eigenvalue weighted by Crippen LogP contribution is 2.46. The highest BCUT2D eigenvalue weighted by molar-refractivity contribution is 6.93. The number of rotatable bonds is 9. The molecule has 0 fully saturated rings. The fourth-order valence-corrected chi connectivity index (χ4v) is 11.8. The summed E-state index contributed by atoms with van der Waals surface area (Å²) < 4.78 is 0. The van der Waals surface area contributed by atoms with Crippen LogP contribution in [0.15, 0.2) is 95.3 Å². The van der Waals surface area contributed by atoms with E-state index < -0.39 is 8.07 Å². The second-order valence-electron chi connectivity index (χ2n) is 16.3. The zero-order valence-electron chi connectivity index (χ0n) is 29.7. The summed E-state index contributed by atoms with van der Waals surface area (Å²) in [5.74, 6) is 0. The molecule has 2 aliphatic carbocycles. The molecule has 0 radical (unpaired) electrons. The summed E-state index contributed by atoms with van der Waals surface area (Å²) in [6, 6.07) is 33.9. The lowest BCUT2D eigenvalue weighted by Crippen LogP contribution is -2.36. The zero-order valence-corrected chi connectivity index (χ0v) is 30.7. The number of hydrogen-bond donors (Lipinski definition) is 0. The van der Waals surface area contributed by atoms with Gasteiger partial charge in [0.15, 0.2) is 0 Å². The van der Waals surface area contributed by atoms with E-state index in [0.29, 0.717) is 0 Å². The van der Waals surface area contributed by atoms with Gasteiger partial charge in [-0.05, 0) is 79.3 Å². The van der Waals surface area contributed by atoms with E-state index in [4.69, 9.17) is 0 Å². The van der Waals surface area contributed by atoms with E-state index >= 15 is 0 Å². The molecule has 0 spiro atoms. The third kappa shape index (κ3) is 6.41. The Morgan fingerprint density at radius 2 is 1.02 bits per heavy atom. The number of benzene rings is 4. The molecule has 2 aliphatic rings. The third-order valence-electron chi connectivity index (χ3n) is 10.8. The quantitative estimate of drug-likeness (QED) is 0.129. The van der Waals surface area contributed by atoms with Crippen LogP contribution in [0, 0.1) is 0 Å². The van der Waals surface area contributed by atoms with Crippen LogP contribution in [0.2, 0.25) is 12.6 Å². The van der Waals surface area contributed by atoms with Crippen LogP contribution >= 0.6 is 0 Å². The molecule has 0 N–H and O–H groups in total. The maximum atomic E-state index is 2.70. The predicted molar refractivity (Wildman–Crippen MR) is 205 cm³/mol. The summed E-state index contributed by atoms with van der Waals surface area (Å²) in [5, 5.41) is 3.46. The summed E-state index contributed by atoms with van der Waals surface area (Å²) in [6.07, 6.45) is 12.8. The molecular weight excluding hydrogens is 569 g/mol. The summed E-state index contributed by atoms with van der Waals surface area (Å²) in [7, 11) is -1.94. The topological polar surface area (TPSA) is 0 Å². The normalized spacial score (nSPS) is 14.6. The first-order valence-corrected chi connectivity index (χ1v) is 20.5. The van der Waals surface area contributed by atoms with Gasteiger partial charge in [0.2, 0.25) is 0 Å². The van der Waals surface area contributed by atoms with Crippen LogP contribution in [0.25, 0.3) is 34.4 Å². The van der Waals surface area contributed by atoms with E-state index in [1.54, 1.807) is 10.4 Å². The summed E-state index contributed by atoms with van der Waals surface area (Å²) in [5.41, 5.74) is 14.5. The smallest absolute Gasteiger partial charge is 0.0712 e. The van der Waals surface area contributed by atoms with Gasteiger partial charge in [-0.1, -0.05) is 194 Å². The Bertz CT molecular complexity index is 1670. The van der Waals surface area contributed by atoms with Gasteiger partial charge in [-0.15, -0.1) is 0 Å². The average Bonchev–Trinajstić information content (AvgIpc) is 3.68. The molecule has 4 aromatic rings. The first-order valence-electron chi connectivity index (χ1n) is 17.8. The van der Waals surface area contributed by atoms with E-state index in [9.17, 15) is 0 Å². The van der Waals surface area contributed by atoms with Gasteiger partial charge in [0.25, 0.3) is 0 Å². The number of fused-ring (bicyclic) bond motifs is 2. The van der Waals surface area contributed by atoms with E-state index in [0.717, 1.165) is 12.8 Å². The fraction of sp³-hybridized carbons (Fsp3) is 0.378. The van der Waals surface area contributed by atoms with E-state index in [1.807, 2.05) is 0 Å². The summed E-state index contributed by atoms with van der Waals surface area (Å²) >= 11 is 0. The third-order valence-corrected chi connectivity index (χ3v) is 15.6. The molecule has 238 valence electrons. The Morgan fingerprint density at radius 1 is 0.565 bits per heavy atom. The molecule has 0 saturated heterocycles. The maximum Gasteiger partial charge on any atom is 0.106 e. The molecule has 0 aromatic heterocycles. The van der Waals surface area contributed by atoms with Crippen molar-refractivity contribution < 1.29 is 0 Å². The number of hydrogen-bond acceptors (Lipinski definition) is 0. The van der Waals surface area contributed by atoms with Gasteiger partial charge in [0.05, 0.1) is 0 Å². The number of allylic oxidation sites excluding steroid dienone is 2. The Balaban J connectivity index is 1.41. The van der Waals surface area contributed by atoms with E-state index in [1.165, 1.54) is 87.4 Å². The van der Waals surface area contributed by atoms with Crippen molar-refractivity contribution in [3.63, 3.8) is 0 Å². The minimum absolute atomic E-state index is 0.135. The second-order valence-corrected chi connectivity index (χ2v) is 20.7. The van der Waals surface area contributed by atoms with Crippen LogP contribution in [0.5, 0.6) is 0 Å². The maximum absolute atomic E-state index is 2.70. The van der Waals surface area contributed by atoms with Gasteiger partial charge in [-0.3, -0.25) is 0 Å². The van der Waals surface area contributed by atoms with E-state index in [2.05, 4.69) is 152 Å². The van der Waals surface area contributed by atoms with Gasteiger partial charge in [0, 0.05) is 0 Å². The van der Waals surface area contributed by atoms with Crippen LogP contribution in [-0.4, -0.2) is 8.07 Å². The van der Waals surface area contributed by atoms with Crippen molar-refractivity contribution in [2.75, 3.05) is 0 Å². The molecule has 0 nitrogen and oxygen atoms in total. The van der Waals surface area contributed by atoms with Crippen molar-refractivity contribution >= 4 is 20.2 Å². The monoisotopic (exact) mass is 622 g/mol. The van der Waals surface area contributed by atoms with Gasteiger partial charge >= 0.3 is 0 Å². The second kappa shape index (κ2) is 12.6. The van der Waals surface area contributed by atoms with Crippen LogP contribution in [0.4, 0.5) is 0 Å². The van der Waals surface area contributed by atoms with E-state index in [-0.39, 0.29) is 10.8 Å². The lowest BCUT2D eigenvalue weighted by atomic mass is 9.85. The Labute approximate surface area is 280 Å². The first kappa shape index (κ1) is 32.5. The molecule has 6 rings (SSSR count). The Hall–Kier alpha value is -3.42. The highest BCUT2D eigenvalue weighted by Gasteiger charge is 2.39. The predicted octanol–water partition coefficient (Wildman–Crippen LogP) is 12.9. The zero-order chi connectivity index (χ0) is 32.7. The standard InChI is InChI=1S/C45H54Si/c1-9-10-11-12-25-46(8,38-28-34-19-15-23-40(42(34)30-38)32-17-13-21-36(26-32)44(2,3)4)39-29-35-20-16-24-41(43(35)31-39)33-18-14-22-37(27-33)45(5,6)7/h13-24,26-27,30-31H,9-12,25,28-29H2,1-8H3. The Morgan fingerprint density at radius 3 is 1.46 bits per heavy atom. The largest absolute Gasteiger partial charge is 0.106 e. The van der Waals surface area contributed by atoms with Gasteiger partial charge in [-0.2, -0.15) is 0 Å². The van der Waals surface area contributed by atoms with Gasteiger partial charge in [0.1, 0.15) is 8.07 Å². The molecule has 0 heterocycles. The molecule has 0 atom stereocenters. The summed E-state index contributed by atoms with van der Waals surface area (Å²) in [6.45, 7) is 18.9. The SMILES string of the molecule is CCCCCC[Si](C)(C1=Cc2c(cccc2-c2cccc(C(C)(C)C)c2)C1)C1=Cc2c(cccc2-c2cccc(C(C)(C)C)c2)C1. The molecule has 1 heteroatoms. The lowest BCUT2D eigenvalue weighted by Gasteiger charge is -2.31. The molecular formula is C45H54Si. The molecule has 4 aromatic carbocycles. The summed E-state index contributed by atoms with van der Waals surface area (Å²) in [4.78, 5) is 0. The van der Waals surface area contributed by atoms with Crippen LogP contribution in [0.3, 0.4) is 0 Å². The first-order chi connectivity index (χ1) is 21.9. The fourth-order valence-electron chi connectivity index (χ4n) is 7.69. The van der Waals surface area contributed by atoms with Crippen molar-refractivity contribution in [2.45, 2.75) is 110 Å². The molecule has 0 unspecified atom stereocenters. The molecule has 0 bridgehead atoms. The van der Waals surface area contributed by atoms with Crippen molar-refractivity contribution in [1.82, 2.24) is 0 Å². The van der Waals surface area contributed by atoms with Crippen LogP contribution in [-0.2, 0) is 23.7 Å². The van der Waals surface area contributed by atoms with Gasteiger partial charge < -0.3 is 0 Å². The highest BCUT2D eigenvalue weighted by atomic mass is 28.3. The Kier molecular flexibility index (Phi) is 8.94. The molecule has 46 heavy (non-hydrogen) atoms. The van der Waals surface area contributed by atoms with Crippen molar-refractivity contribution in [3.05, 3.63) is 129 Å². The number of unbranched alkanes of at least 4 members (excludes halogenated alkanes) is 3. The average molecular weight is 623 g/mol. The van der Waals surface area contributed by atoms with Crippen molar-refractivity contribution in [1.29, 1.82) is 0 Å². The van der Waals surface area contributed by atoms with Gasteiger partial charge in [-0.25, -0.2) is 0 Å². The van der Waals surface area contributed by atoms with Crippen LogP contribution in [0.1, 0.15) is 108 Å².